The molecule has 5 heteroatoms. The van der Waals surface area contributed by atoms with Gasteiger partial charge in [0.05, 0.1) is 12.1 Å². The summed E-state index contributed by atoms with van der Waals surface area (Å²) < 4.78 is 0.740. The van der Waals surface area contributed by atoms with Gasteiger partial charge in [0.15, 0.2) is 0 Å². The normalized spacial score (nSPS) is 26.9. The van der Waals surface area contributed by atoms with Crippen molar-refractivity contribution in [2.45, 2.75) is 38.6 Å². The minimum absolute atomic E-state index is 0.0116. The molecule has 0 aromatic carbocycles. The van der Waals surface area contributed by atoms with E-state index < -0.39 is 0 Å². The molecule has 4 rings (SSSR count). The van der Waals surface area contributed by atoms with Crippen LogP contribution in [0.3, 0.4) is 0 Å². The highest BCUT2D eigenvalue weighted by Gasteiger charge is 2.31. The Hall–Kier alpha value is -1.20. The number of piperidine rings is 1. The van der Waals surface area contributed by atoms with E-state index in [1.54, 1.807) is 0 Å². The quantitative estimate of drug-likeness (QED) is 0.928. The zero-order valence-corrected chi connectivity index (χ0v) is 13.0. The lowest BCUT2D eigenvalue weighted by molar-refractivity contribution is 0.0803. The molecular weight excluding hydrogens is 282 g/mol. The van der Waals surface area contributed by atoms with Gasteiger partial charge in [-0.2, -0.15) is 0 Å². The highest BCUT2D eigenvalue weighted by molar-refractivity contribution is 7.17. The first-order valence-electron chi connectivity index (χ1n) is 7.98. The van der Waals surface area contributed by atoms with Gasteiger partial charge in [-0.1, -0.05) is 19.3 Å². The van der Waals surface area contributed by atoms with Crippen LogP contribution in [0.5, 0.6) is 0 Å². The summed E-state index contributed by atoms with van der Waals surface area (Å²) >= 11 is 1.46. The number of rotatable bonds is 2. The van der Waals surface area contributed by atoms with E-state index in [4.69, 9.17) is 0 Å². The van der Waals surface area contributed by atoms with Crippen LogP contribution in [0.4, 0.5) is 0 Å². The van der Waals surface area contributed by atoms with E-state index in [0.717, 1.165) is 41.0 Å². The zero-order chi connectivity index (χ0) is 14.2. The molecule has 1 saturated carbocycles. The van der Waals surface area contributed by atoms with Gasteiger partial charge in [0, 0.05) is 6.54 Å². The number of hydrogen-bond donors (Lipinski definition) is 1. The predicted octanol–water partition coefficient (Wildman–Crippen LogP) is 3.00. The smallest absolute Gasteiger partial charge is 0.268 e. The predicted molar refractivity (Wildman–Crippen MR) is 85.6 cm³/mol. The Morgan fingerprint density at radius 2 is 2.14 bits per heavy atom. The number of aromatic nitrogens is 2. The van der Waals surface area contributed by atoms with Crippen LogP contribution in [0.15, 0.2) is 16.2 Å². The number of nitrogens with zero attached hydrogens (tertiary/aromatic N) is 2. The van der Waals surface area contributed by atoms with Gasteiger partial charge in [0.2, 0.25) is 0 Å². The second-order valence-electron chi connectivity index (χ2n) is 6.48. The maximum absolute atomic E-state index is 12.0. The van der Waals surface area contributed by atoms with Gasteiger partial charge in [-0.3, -0.25) is 9.69 Å². The summed E-state index contributed by atoms with van der Waals surface area (Å²) in [6.45, 7) is 3.10. The Labute approximate surface area is 128 Å². The van der Waals surface area contributed by atoms with Crippen LogP contribution in [0.1, 0.15) is 37.9 Å². The zero-order valence-electron chi connectivity index (χ0n) is 12.2. The van der Waals surface area contributed by atoms with Crippen LogP contribution in [0, 0.1) is 11.8 Å². The van der Waals surface area contributed by atoms with Crippen molar-refractivity contribution < 1.29 is 0 Å². The van der Waals surface area contributed by atoms with Crippen molar-refractivity contribution >= 4 is 21.6 Å². The second-order valence-corrected chi connectivity index (χ2v) is 7.39. The summed E-state index contributed by atoms with van der Waals surface area (Å²) in [7, 11) is 0. The topological polar surface area (TPSA) is 49.0 Å². The van der Waals surface area contributed by atoms with Crippen LogP contribution >= 0.6 is 11.3 Å². The average Bonchev–Trinajstić information content (AvgIpc) is 2.96. The summed E-state index contributed by atoms with van der Waals surface area (Å²) in [6, 6.07) is 1.94. The first kappa shape index (κ1) is 13.5. The van der Waals surface area contributed by atoms with E-state index in [1.165, 1.54) is 50.0 Å². The SMILES string of the molecule is O=c1[nH]c(CN2CC[C@H]3CCCC[C@@H]3C2)nc2ccsc12. The highest BCUT2D eigenvalue weighted by atomic mass is 32.1. The maximum atomic E-state index is 12.0. The number of H-pyrrole nitrogens is 1. The Kier molecular flexibility index (Phi) is 3.55. The third-order valence-electron chi connectivity index (χ3n) is 5.11. The van der Waals surface area contributed by atoms with E-state index in [9.17, 15) is 4.79 Å². The minimum Gasteiger partial charge on any atom is -0.308 e. The van der Waals surface area contributed by atoms with Gasteiger partial charge in [-0.15, -0.1) is 11.3 Å². The molecule has 1 saturated heterocycles. The van der Waals surface area contributed by atoms with Gasteiger partial charge >= 0.3 is 0 Å². The average molecular weight is 303 g/mol. The fourth-order valence-electron chi connectivity index (χ4n) is 4.03. The number of hydrogen-bond acceptors (Lipinski definition) is 4. The third-order valence-corrected chi connectivity index (χ3v) is 6.02. The monoisotopic (exact) mass is 303 g/mol. The number of fused-ring (bicyclic) bond motifs is 2. The molecule has 2 aromatic rings. The Morgan fingerprint density at radius 3 is 3.05 bits per heavy atom. The second kappa shape index (κ2) is 5.54. The molecule has 1 aliphatic heterocycles. The van der Waals surface area contributed by atoms with Crippen molar-refractivity contribution in [2.75, 3.05) is 13.1 Å². The molecule has 3 heterocycles. The molecule has 0 unspecified atom stereocenters. The molecule has 2 aliphatic rings. The maximum Gasteiger partial charge on any atom is 0.268 e. The van der Waals surface area contributed by atoms with Crippen LogP contribution in [-0.4, -0.2) is 28.0 Å². The lowest BCUT2D eigenvalue weighted by atomic mass is 9.75. The largest absolute Gasteiger partial charge is 0.308 e. The molecule has 0 radical (unpaired) electrons. The third kappa shape index (κ3) is 2.64. The van der Waals surface area contributed by atoms with E-state index in [1.807, 2.05) is 11.4 Å². The van der Waals surface area contributed by atoms with Crippen molar-refractivity contribution in [3.05, 3.63) is 27.6 Å². The molecule has 1 aliphatic carbocycles. The van der Waals surface area contributed by atoms with Gasteiger partial charge < -0.3 is 4.98 Å². The highest BCUT2D eigenvalue weighted by Crippen LogP contribution is 2.36. The van der Waals surface area contributed by atoms with Crippen LogP contribution in [0.25, 0.3) is 10.2 Å². The summed E-state index contributed by atoms with van der Waals surface area (Å²) in [6.07, 6.45) is 6.94. The van der Waals surface area contributed by atoms with Crippen molar-refractivity contribution in [3.63, 3.8) is 0 Å². The minimum atomic E-state index is 0.0116. The lowest BCUT2D eigenvalue weighted by Gasteiger charge is -2.41. The molecule has 2 aromatic heterocycles. The Balaban J connectivity index is 1.50. The Morgan fingerprint density at radius 1 is 1.29 bits per heavy atom. The standard InChI is InChI=1S/C16H21N3OS/c20-16-15-13(6-8-21-15)17-14(18-16)10-19-7-5-11-3-1-2-4-12(11)9-19/h6,8,11-12H,1-5,7,9-10H2,(H,17,18,20)/t11-,12-/m1/s1. The van der Waals surface area contributed by atoms with E-state index in [-0.39, 0.29) is 5.56 Å². The van der Waals surface area contributed by atoms with E-state index in [2.05, 4.69) is 14.9 Å². The summed E-state index contributed by atoms with van der Waals surface area (Å²) in [5, 5.41) is 1.93. The summed E-state index contributed by atoms with van der Waals surface area (Å²) in [5.41, 5.74) is 0.851. The number of nitrogens with one attached hydrogen (secondary N) is 1. The van der Waals surface area contributed by atoms with Gasteiger partial charge in [0.1, 0.15) is 10.5 Å². The van der Waals surface area contributed by atoms with Gasteiger partial charge in [0.25, 0.3) is 5.56 Å². The van der Waals surface area contributed by atoms with Gasteiger partial charge in [-0.05, 0) is 42.7 Å². The molecule has 4 nitrogen and oxygen atoms in total. The molecule has 112 valence electrons. The number of thiophene rings is 1. The molecule has 21 heavy (non-hydrogen) atoms. The van der Waals surface area contributed by atoms with Crippen molar-refractivity contribution in [3.8, 4) is 0 Å². The number of aromatic amines is 1. The molecule has 2 atom stereocenters. The first-order chi connectivity index (χ1) is 10.3. The molecule has 2 fully saturated rings. The summed E-state index contributed by atoms with van der Waals surface area (Å²) in [4.78, 5) is 22.1. The van der Waals surface area contributed by atoms with Crippen molar-refractivity contribution in [1.82, 2.24) is 14.9 Å². The summed E-state index contributed by atoms with van der Waals surface area (Å²) in [5.74, 6) is 2.63. The molecular formula is C16H21N3OS. The molecule has 1 N–H and O–H groups in total. The van der Waals surface area contributed by atoms with E-state index in [0.29, 0.717) is 0 Å². The lowest BCUT2D eigenvalue weighted by Crippen LogP contribution is -2.41. The molecule has 0 amide bonds. The van der Waals surface area contributed by atoms with Gasteiger partial charge in [-0.25, -0.2) is 4.98 Å². The first-order valence-corrected chi connectivity index (χ1v) is 8.86. The van der Waals surface area contributed by atoms with Crippen LogP contribution in [0.2, 0.25) is 0 Å². The fourth-order valence-corrected chi connectivity index (χ4v) is 4.75. The molecule has 0 bridgehead atoms. The fraction of sp³-hybridized carbons (Fsp3) is 0.625. The van der Waals surface area contributed by atoms with Crippen LogP contribution in [-0.2, 0) is 6.54 Å². The van der Waals surface area contributed by atoms with Crippen LogP contribution < -0.4 is 5.56 Å². The Bertz CT molecular complexity index is 692. The van der Waals surface area contributed by atoms with E-state index >= 15 is 0 Å². The van der Waals surface area contributed by atoms with Crippen molar-refractivity contribution in [1.29, 1.82) is 0 Å². The number of likely N-dealkylation sites (tertiary alicyclic amines) is 1. The van der Waals surface area contributed by atoms with Crippen molar-refractivity contribution in [2.24, 2.45) is 11.8 Å². The molecule has 0 spiro atoms.